The van der Waals surface area contributed by atoms with Crippen LogP contribution in [-0.2, 0) is 4.74 Å². The van der Waals surface area contributed by atoms with Crippen molar-refractivity contribution in [3.05, 3.63) is 34.8 Å². The quantitative estimate of drug-likeness (QED) is 0.881. The summed E-state index contributed by atoms with van der Waals surface area (Å²) >= 11 is 3.36. The summed E-state index contributed by atoms with van der Waals surface area (Å²) < 4.78 is 5.37. The van der Waals surface area contributed by atoms with E-state index in [2.05, 4.69) is 32.6 Å². The van der Waals surface area contributed by atoms with Crippen LogP contribution in [0.1, 0.15) is 5.56 Å². The Morgan fingerprint density at radius 3 is 2.93 bits per heavy atom. The number of rotatable bonds is 2. The van der Waals surface area contributed by atoms with E-state index in [1.54, 1.807) is 12.1 Å². The summed E-state index contributed by atoms with van der Waals surface area (Å²) in [5.74, 6) is 0. The first-order valence-corrected chi connectivity index (χ1v) is 4.74. The average molecular weight is 256 g/mol. The minimum absolute atomic E-state index is 0.494. The van der Waals surface area contributed by atoms with E-state index < -0.39 is 6.09 Å². The fourth-order valence-corrected chi connectivity index (χ4v) is 1.54. The van der Waals surface area contributed by atoms with Gasteiger partial charge in [0.15, 0.2) is 0 Å². The van der Waals surface area contributed by atoms with E-state index in [9.17, 15) is 4.79 Å². The molecule has 1 amide bonds. The third kappa shape index (κ3) is 2.35. The number of carbonyl (C=O) groups excluding carboxylic acids is 1. The first-order valence-electron chi connectivity index (χ1n) is 3.95. The van der Waals surface area contributed by atoms with Crippen molar-refractivity contribution < 1.29 is 9.53 Å². The summed E-state index contributed by atoms with van der Waals surface area (Å²) in [4.78, 5) is 11.0. The molecule has 0 heterocycles. The molecule has 0 bridgehead atoms. The second kappa shape index (κ2) is 4.81. The largest absolute Gasteiger partial charge is 0.453 e. The summed E-state index contributed by atoms with van der Waals surface area (Å²) in [6, 6.07) is 5.47. The van der Waals surface area contributed by atoms with E-state index in [-0.39, 0.29) is 0 Å². The zero-order valence-electron chi connectivity index (χ0n) is 7.71. The number of benzene rings is 1. The van der Waals surface area contributed by atoms with Crippen molar-refractivity contribution in [1.82, 2.24) is 0 Å². The summed E-state index contributed by atoms with van der Waals surface area (Å²) in [7, 11) is 1.32. The molecule has 1 aromatic carbocycles. The van der Waals surface area contributed by atoms with Gasteiger partial charge in [-0.25, -0.2) is 4.79 Å². The van der Waals surface area contributed by atoms with Crippen LogP contribution in [0.5, 0.6) is 0 Å². The molecule has 0 aromatic heterocycles. The molecule has 4 heteroatoms. The Kier molecular flexibility index (Phi) is 3.71. The van der Waals surface area contributed by atoms with Gasteiger partial charge >= 0.3 is 6.09 Å². The predicted molar refractivity (Wildman–Crippen MR) is 60.3 cm³/mol. The van der Waals surface area contributed by atoms with Gasteiger partial charge in [-0.3, -0.25) is 5.32 Å². The third-order valence-corrected chi connectivity index (χ3v) is 2.37. The number of ether oxygens (including phenoxy) is 1. The van der Waals surface area contributed by atoms with Gasteiger partial charge in [-0.05, 0) is 12.1 Å². The lowest BCUT2D eigenvalue weighted by atomic mass is 10.2. The molecule has 1 rings (SSSR count). The molecule has 0 saturated carbocycles. The average Bonchev–Trinajstić information content (AvgIpc) is 2.18. The van der Waals surface area contributed by atoms with Gasteiger partial charge in [-0.1, -0.05) is 34.7 Å². The van der Waals surface area contributed by atoms with Gasteiger partial charge in [0.2, 0.25) is 0 Å². The Balaban J connectivity index is 3.02. The molecule has 74 valence electrons. The van der Waals surface area contributed by atoms with E-state index in [0.29, 0.717) is 5.69 Å². The van der Waals surface area contributed by atoms with E-state index >= 15 is 0 Å². The van der Waals surface area contributed by atoms with Crippen LogP contribution in [0.15, 0.2) is 29.3 Å². The van der Waals surface area contributed by atoms with E-state index in [1.165, 1.54) is 7.11 Å². The van der Waals surface area contributed by atoms with E-state index in [1.807, 2.05) is 12.1 Å². The van der Waals surface area contributed by atoms with Crippen LogP contribution in [0.2, 0.25) is 0 Å². The third-order valence-electron chi connectivity index (χ3n) is 1.68. The molecular weight excluding hydrogens is 246 g/mol. The molecular formula is C10H10BrNO2. The highest BCUT2D eigenvalue weighted by molar-refractivity contribution is 9.10. The lowest BCUT2D eigenvalue weighted by molar-refractivity contribution is 0.187. The number of hydrogen-bond donors (Lipinski definition) is 1. The second-order valence-electron chi connectivity index (χ2n) is 2.52. The van der Waals surface area contributed by atoms with Gasteiger partial charge in [0.25, 0.3) is 0 Å². The molecule has 0 fully saturated rings. The van der Waals surface area contributed by atoms with Gasteiger partial charge in [0.1, 0.15) is 0 Å². The highest BCUT2D eigenvalue weighted by Gasteiger charge is 2.06. The number of amides is 1. The van der Waals surface area contributed by atoms with E-state index in [0.717, 1.165) is 10.0 Å². The smallest absolute Gasteiger partial charge is 0.411 e. The SMILES string of the molecule is C=Cc1c(Br)cccc1NC(=O)OC. The number of carbonyl (C=O) groups is 1. The maximum atomic E-state index is 11.0. The number of halogens is 1. The van der Waals surface area contributed by atoms with Crippen molar-refractivity contribution in [2.24, 2.45) is 0 Å². The summed E-state index contributed by atoms with van der Waals surface area (Å²) in [5.41, 5.74) is 1.50. The number of anilines is 1. The fraction of sp³-hybridized carbons (Fsp3) is 0.100. The molecule has 14 heavy (non-hydrogen) atoms. The van der Waals surface area contributed by atoms with Gasteiger partial charge in [-0.2, -0.15) is 0 Å². The molecule has 0 aliphatic carbocycles. The first-order chi connectivity index (χ1) is 6.69. The van der Waals surface area contributed by atoms with Crippen molar-refractivity contribution >= 4 is 33.8 Å². The first kappa shape index (κ1) is 10.8. The molecule has 1 aromatic rings. The normalized spacial score (nSPS) is 9.29. The fourth-order valence-electron chi connectivity index (χ4n) is 1.01. The Morgan fingerprint density at radius 1 is 1.64 bits per heavy atom. The van der Waals surface area contributed by atoms with Gasteiger partial charge in [0.05, 0.1) is 12.8 Å². The minimum atomic E-state index is -0.494. The minimum Gasteiger partial charge on any atom is -0.453 e. The maximum Gasteiger partial charge on any atom is 0.411 e. The number of methoxy groups -OCH3 is 1. The zero-order chi connectivity index (χ0) is 10.6. The van der Waals surface area contributed by atoms with Crippen molar-refractivity contribution in [2.75, 3.05) is 12.4 Å². The highest BCUT2D eigenvalue weighted by atomic mass is 79.9. The molecule has 1 N–H and O–H groups in total. The second-order valence-corrected chi connectivity index (χ2v) is 3.38. The van der Waals surface area contributed by atoms with Crippen molar-refractivity contribution in [1.29, 1.82) is 0 Å². The van der Waals surface area contributed by atoms with Gasteiger partial charge < -0.3 is 4.74 Å². The monoisotopic (exact) mass is 255 g/mol. The Morgan fingerprint density at radius 2 is 2.36 bits per heavy atom. The van der Waals surface area contributed by atoms with Gasteiger partial charge in [0, 0.05) is 10.0 Å². The van der Waals surface area contributed by atoms with Crippen LogP contribution in [0.25, 0.3) is 6.08 Å². The summed E-state index contributed by atoms with van der Waals surface area (Å²) in [6.07, 6.45) is 1.17. The van der Waals surface area contributed by atoms with Crippen LogP contribution >= 0.6 is 15.9 Å². The predicted octanol–water partition coefficient (Wildman–Crippen LogP) is 3.27. The lowest BCUT2D eigenvalue weighted by Gasteiger charge is -2.08. The molecule has 0 saturated heterocycles. The van der Waals surface area contributed by atoms with Crippen molar-refractivity contribution in [3.8, 4) is 0 Å². The van der Waals surface area contributed by atoms with Crippen LogP contribution in [0, 0.1) is 0 Å². The Labute approximate surface area is 90.9 Å². The van der Waals surface area contributed by atoms with Crippen molar-refractivity contribution in [3.63, 3.8) is 0 Å². The standard InChI is InChI=1S/C10H10BrNO2/c1-3-7-8(11)5-4-6-9(7)12-10(13)14-2/h3-6H,1H2,2H3,(H,12,13). The number of nitrogens with one attached hydrogen (secondary N) is 1. The van der Waals surface area contributed by atoms with Crippen LogP contribution in [-0.4, -0.2) is 13.2 Å². The summed E-state index contributed by atoms with van der Waals surface area (Å²) in [6.45, 7) is 3.66. The Hall–Kier alpha value is -1.29. The molecule has 0 atom stereocenters. The van der Waals surface area contributed by atoms with Crippen LogP contribution in [0.3, 0.4) is 0 Å². The van der Waals surface area contributed by atoms with Gasteiger partial charge in [-0.15, -0.1) is 0 Å². The topological polar surface area (TPSA) is 38.3 Å². The Bertz CT molecular complexity index is 363. The van der Waals surface area contributed by atoms with Crippen molar-refractivity contribution in [2.45, 2.75) is 0 Å². The highest BCUT2D eigenvalue weighted by Crippen LogP contribution is 2.25. The van der Waals surface area contributed by atoms with Crippen LogP contribution < -0.4 is 5.32 Å². The lowest BCUT2D eigenvalue weighted by Crippen LogP contribution is -2.11. The zero-order valence-corrected chi connectivity index (χ0v) is 9.30. The van der Waals surface area contributed by atoms with Crippen LogP contribution in [0.4, 0.5) is 10.5 Å². The summed E-state index contributed by atoms with van der Waals surface area (Å²) in [5, 5.41) is 2.59. The maximum absolute atomic E-state index is 11.0. The molecule has 0 unspecified atom stereocenters. The molecule has 0 aliphatic heterocycles. The molecule has 0 aliphatic rings. The molecule has 0 spiro atoms. The molecule has 0 radical (unpaired) electrons. The molecule has 3 nitrogen and oxygen atoms in total. The van der Waals surface area contributed by atoms with E-state index in [4.69, 9.17) is 0 Å². The number of hydrogen-bond acceptors (Lipinski definition) is 2.